The number of rotatable bonds is 12. The largest absolute Gasteiger partial charge is 0.454 e. The summed E-state index contributed by atoms with van der Waals surface area (Å²) >= 11 is 0. The number of benzene rings is 1. The van der Waals surface area contributed by atoms with Gasteiger partial charge in [-0.25, -0.2) is 4.79 Å². The first kappa shape index (κ1) is 25.1. The third-order valence-corrected chi connectivity index (χ3v) is 5.57. The molecule has 33 heavy (non-hydrogen) atoms. The van der Waals surface area contributed by atoms with Crippen molar-refractivity contribution >= 4 is 12.0 Å². The Morgan fingerprint density at radius 3 is 2.55 bits per heavy atom. The SMILES string of the molecule is CCOC(=O)N1CCC(N(Cc2ccc3c(c2)OCO3)C(=O)COCCOCCOC)CC1. The van der Waals surface area contributed by atoms with Gasteiger partial charge < -0.3 is 38.2 Å². The molecule has 2 aliphatic rings. The molecule has 0 saturated carbocycles. The van der Waals surface area contributed by atoms with Crippen molar-refractivity contribution in [2.24, 2.45) is 0 Å². The third-order valence-electron chi connectivity index (χ3n) is 5.57. The molecule has 2 heterocycles. The monoisotopic (exact) mass is 466 g/mol. The molecule has 0 aromatic heterocycles. The second-order valence-corrected chi connectivity index (χ2v) is 7.78. The highest BCUT2D eigenvalue weighted by molar-refractivity contribution is 5.78. The van der Waals surface area contributed by atoms with E-state index in [4.69, 9.17) is 28.4 Å². The lowest BCUT2D eigenvalue weighted by atomic mass is 10.0. The highest BCUT2D eigenvalue weighted by atomic mass is 16.7. The average Bonchev–Trinajstić information content (AvgIpc) is 3.30. The van der Waals surface area contributed by atoms with Crippen LogP contribution in [0.25, 0.3) is 0 Å². The molecule has 1 aromatic rings. The quantitative estimate of drug-likeness (QED) is 0.432. The lowest BCUT2D eigenvalue weighted by Gasteiger charge is -2.38. The van der Waals surface area contributed by atoms with Gasteiger partial charge >= 0.3 is 6.09 Å². The summed E-state index contributed by atoms with van der Waals surface area (Å²) in [5, 5.41) is 0. The Bertz CT molecular complexity index is 767. The van der Waals surface area contributed by atoms with E-state index in [0.29, 0.717) is 77.0 Å². The fraction of sp³-hybridized carbons (Fsp3) is 0.652. The van der Waals surface area contributed by atoms with Crippen LogP contribution in [-0.2, 0) is 30.3 Å². The van der Waals surface area contributed by atoms with Crippen LogP contribution in [-0.4, -0.2) is 94.5 Å². The van der Waals surface area contributed by atoms with Crippen LogP contribution in [0.3, 0.4) is 0 Å². The molecule has 0 aliphatic carbocycles. The minimum absolute atomic E-state index is 0.00449. The molecule has 0 radical (unpaired) electrons. The number of fused-ring (bicyclic) bond motifs is 1. The molecule has 0 bridgehead atoms. The molecule has 0 atom stereocenters. The van der Waals surface area contributed by atoms with E-state index in [2.05, 4.69) is 0 Å². The van der Waals surface area contributed by atoms with Crippen LogP contribution in [0.2, 0.25) is 0 Å². The van der Waals surface area contributed by atoms with Crippen molar-refractivity contribution in [1.29, 1.82) is 0 Å². The lowest BCUT2D eigenvalue weighted by molar-refractivity contribution is -0.140. The Balaban J connectivity index is 1.57. The van der Waals surface area contributed by atoms with Gasteiger partial charge in [-0.2, -0.15) is 0 Å². The number of carbonyl (C=O) groups is 2. The van der Waals surface area contributed by atoms with Gasteiger partial charge in [-0.3, -0.25) is 4.79 Å². The molecule has 1 aromatic carbocycles. The van der Waals surface area contributed by atoms with Crippen LogP contribution in [0, 0.1) is 0 Å². The zero-order valence-corrected chi connectivity index (χ0v) is 19.5. The normalized spacial score (nSPS) is 15.5. The van der Waals surface area contributed by atoms with E-state index in [1.54, 1.807) is 18.9 Å². The first-order valence-corrected chi connectivity index (χ1v) is 11.4. The molecule has 3 rings (SSSR count). The van der Waals surface area contributed by atoms with E-state index in [9.17, 15) is 9.59 Å². The smallest absolute Gasteiger partial charge is 0.409 e. The van der Waals surface area contributed by atoms with Crippen molar-refractivity contribution in [3.63, 3.8) is 0 Å². The first-order valence-electron chi connectivity index (χ1n) is 11.4. The van der Waals surface area contributed by atoms with Crippen LogP contribution >= 0.6 is 0 Å². The number of likely N-dealkylation sites (tertiary alicyclic amines) is 1. The molecule has 10 nitrogen and oxygen atoms in total. The summed E-state index contributed by atoms with van der Waals surface area (Å²) in [5.74, 6) is 1.29. The van der Waals surface area contributed by atoms with Crippen molar-refractivity contribution in [3.8, 4) is 11.5 Å². The maximum atomic E-state index is 13.1. The predicted octanol–water partition coefficient (Wildman–Crippen LogP) is 2.04. The van der Waals surface area contributed by atoms with Crippen LogP contribution in [0.1, 0.15) is 25.3 Å². The van der Waals surface area contributed by atoms with Gasteiger partial charge in [-0.15, -0.1) is 0 Å². The fourth-order valence-corrected chi connectivity index (χ4v) is 3.84. The predicted molar refractivity (Wildman–Crippen MR) is 118 cm³/mol. The minimum atomic E-state index is -0.304. The van der Waals surface area contributed by atoms with E-state index >= 15 is 0 Å². The lowest BCUT2D eigenvalue weighted by Crippen LogP contribution is -2.49. The number of hydrogen-bond acceptors (Lipinski definition) is 8. The van der Waals surface area contributed by atoms with Crippen LogP contribution in [0.4, 0.5) is 4.79 Å². The zero-order valence-electron chi connectivity index (χ0n) is 19.5. The molecule has 0 unspecified atom stereocenters. The van der Waals surface area contributed by atoms with Crippen molar-refractivity contribution < 1.29 is 38.0 Å². The summed E-state index contributed by atoms with van der Waals surface area (Å²) in [6.45, 7) is 5.56. The number of amides is 2. The fourth-order valence-electron chi connectivity index (χ4n) is 3.84. The van der Waals surface area contributed by atoms with Gasteiger partial charge in [0, 0.05) is 32.8 Å². The van der Waals surface area contributed by atoms with Gasteiger partial charge in [0.25, 0.3) is 0 Å². The summed E-state index contributed by atoms with van der Waals surface area (Å²) in [5.41, 5.74) is 0.948. The standard InChI is InChI=1S/C23H34N2O8/c1-3-31-23(27)24-8-6-19(7-9-24)25(22(26)16-30-13-12-29-11-10-28-2)15-18-4-5-20-21(14-18)33-17-32-20/h4-5,14,19H,3,6-13,15-17H2,1-2H3. The second kappa shape index (κ2) is 13.2. The van der Waals surface area contributed by atoms with Crippen molar-refractivity contribution in [1.82, 2.24) is 9.80 Å². The number of methoxy groups -OCH3 is 1. The summed E-state index contributed by atoms with van der Waals surface area (Å²) in [4.78, 5) is 28.7. The number of piperidine rings is 1. The van der Waals surface area contributed by atoms with E-state index < -0.39 is 0 Å². The maximum Gasteiger partial charge on any atom is 0.409 e. The molecule has 0 spiro atoms. The number of hydrogen-bond donors (Lipinski definition) is 0. The molecular weight excluding hydrogens is 432 g/mol. The summed E-state index contributed by atoms with van der Waals surface area (Å²) in [7, 11) is 1.62. The zero-order chi connectivity index (χ0) is 23.5. The Kier molecular flexibility index (Phi) is 10.0. The van der Waals surface area contributed by atoms with Gasteiger partial charge in [0.1, 0.15) is 6.61 Å². The highest BCUT2D eigenvalue weighted by Crippen LogP contribution is 2.33. The molecule has 184 valence electrons. The second-order valence-electron chi connectivity index (χ2n) is 7.78. The Labute approximate surface area is 194 Å². The Hall–Kier alpha value is -2.56. The topological polar surface area (TPSA) is 96.0 Å². The van der Waals surface area contributed by atoms with Crippen LogP contribution in [0.15, 0.2) is 18.2 Å². The van der Waals surface area contributed by atoms with Crippen LogP contribution in [0.5, 0.6) is 11.5 Å². The van der Waals surface area contributed by atoms with Crippen molar-refractivity contribution in [3.05, 3.63) is 23.8 Å². The van der Waals surface area contributed by atoms with Gasteiger partial charge in [-0.1, -0.05) is 6.07 Å². The Morgan fingerprint density at radius 2 is 1.79 bits per heavy atom. The Morgan fingerprint density at radius 1 is 1.06 bits per heavy atom. The number of ether oxygens (including phenoxy) is 6. The number of carbonyl (C=O) groups excluding carboxylic acids is 2. The van der Waals surface area contributed by atoms with E-state index in [1.807, 2.05) is 23.1 Å². The van der Waals surface area contributed by atoms with Gasteiger partial charge in [0.15, 0.2) is 11.5 Å². The highest BCUT2D eigenvalue weighted by Gasteiger charge is 2.30. The van der Waals surface area contributed by atoms with Crippen molar-refractivity contribution in [2.45, 2.75) is 32.4 Å². The summed E-state index contributed by atoms with van der Waals surface area (Å²) in [6, 6.07) is 5.69. The minimum Gasteiger partial charge on any atom is -0.454 e. The van der Waals surface area contributed by atoms with Gasteiger partial charge in [0.2, 0.25) is 12.7 Å². The van der Waals surface area contributed by atoms with Crippen LogP contribution < -0.4 is 9.47 Å². The summed E-state index contributed by atoms with van der Waals surface area (Å²) in [6.07, 6.45) is 1.05. The maximum absolute atomic E-state index is 13.1. The third kappa shape index (κ3) is 7.48. The molecule has 2 aliphatic heterocycles. The average molecular weight is 467 g/mol. The van der Waals surface area contributed by atoms with Gasteiger partial charge in [0.05, 0.1) is 33.0 Å². The molecule has 1 fully saturated rings. The van der Waals surface area contributed by atoms with Gasteiger partial charge in [-0.05, 0) is 37.5 Å². The first-order chi connectivity index (χ1) is 16.1. The summed E-state index contributed by atoms with van der Waals surface area (Å²) < 4.78 is 31.8. The molecular formula is C23H34N2O8. The number of nitrogens with zero attached hydrogens (tertiary/aromatic N) is 2. The molecule has 1 saturated heterocycles. The molecule has 10 heteroatoms. The van der Waals surface area contributed by atoms with E-state index in [-0.39, 0.29) is 31.4 Å². The molecule has 0 N–H and O–H groups in total. The molecule has 2 amide bonds. The van der Waals surface area contributed by atoms with E-state index in [1.165, 1.54) is 0 Å². The van der Waals surface area contributed by atoms with Crippen molar-refractivity contribution in [2.75, 3.05) is 66.6 Å². The van der Waals surface area contributed by atoms with E-state index in [0.717, 1.165) is 5.56 Å².